The number of hydrogen-bond donors (Lipinski definition) is 1. The summed E-state index contributed by atoms with van der Waals surface area (Å²) in [4.78, 5) is 17.9. The van der Waals surface area contributed by atoms with Gasteiger partial charge in [0, 0.05) is 37.4 Å². The van der Waals surface area contributed by atoms with Gasteiger partial charge in [-0.05, 0) is 38.3 Å². The zero-order valence-corrected chi connectivity index (χ0v) is 11.1. The molecule has 2 rings (SSSR count). The monoisotopic (exact) mass is 247 g/mol. The van der Waals surface area contributed by atoms with Gasteiger partial charge in [-0.25, -0.2) is 4.79 Å². The molecule has 4 heteroatoms. The normalized spacial score (nSPS) is 16.1. The molecule has 2 amide bonds. The van der Waals surface area contributed by atoms with Crippen molar-refractivity contribution in [3.05, 3.63) is 30.1 Å². The average Bonchev–Trinajstić information content (AvgIpc) is 3.20. The van der Waals surface area contributed by atoms with Crippen LogP contribution in [0.15, 0.2) is 24.5 Å². The van der Waals surface area contributed by atoms with Crippen molar-refractivity contribution in [3.8, 4) is 0 Å². The van der Waals surface area contributed by atoms with Crippen molar-refractivity contribution >= 4 is 6.03 Å². The number of nitrogens with one attached hydrogen (secondary N) is 1. The van der Waals surface area contributed by atoms with Crippen LogP contribution in [-0.4, -0.2) is 35.5 Å². The minimum atomic E-state index is 0.0372. The maximum Gasteiger partial charge on any atom is 0.317 e. The van der Waals surface area contributed by atoms with Gasteiger partial charge in [0.25, 0.3) is 0 Å². The lowest BCUT2D eigenvalue weighted by Crippen LogP contribution is -2.42. The molecule has 1 aliphatic rings. The Morgan fingerprint density at radius 3 is 2.67 bits per heavy atom. The molecule has 1 aliphatic carbocycles. The number of carbonyl (C=O) groups is 1. The van der Waals surface area contributed by atoms with E-state index in [0.29, 0.717) is 6.54 Å². The second-order valence-electron chi connectivity index (χ2n) is 4.85. The number of carbonyl (C=O) groups excluding carboxylic acids is 1. The van der Waals surface area contributed by atoms with E-state index < -0.39 is 0 Å². The minimum absolute atomic E-state index is 0.0372. The highest BCUT2D eigenvalue weighted by Gasteiger charge is 2.44. The summed E-state index contributed by atoms with van der Waals surface area (Å²) in [6, 6.07) is 4.10. The van der Waals surface area contributed by atoms with Crippen LogP contribution in [0, 0.1) is 0 Å². The highest BCUT2D eigenvalue weighted by molar-refractivity contribution is 5.74. The Morgan fingerprint density at radius 1 is 1.44 bits per heavy atom. The third-order valence-corrected chi connectivity index (χ3v) is 3.76. The number of nitrogens with zero attached hydrogens (tertiary/aromatic N) is 2. The Bertz CT molecular complexity index is 397. The Hall–Kier alpha value is -1.58. The van der Waals surface area contributed by atoms with Crippen molar-refractivity contribution in [1.29, 1.82) is 0 Å². The van der Waals surface area contributed by atoms with Gasteiger partial charge in [-0.1, -0.05) is 6.07 Å². The number of rotatable bonds is 5. The molecular formula is C14H21N3O. The molecule has 18 heavy (non-hydrogen) atoms. The van der Waals surface area contributed by atoms with E-state index in [2.05, 4.69) is 16.4 Å². The van der Waals surface area contributed by atoms with Gasteiger partial charge in [-0.3, -0.25) is 4.98 Å². The first kappa shape index (κ1) is 12.9. The van der Waals surface area contributed by atoms with Gasteiger partial charge in [0.05, 0.1) is 0 Å². The minimum Gasteiger partial charge on any atom is -0.337 e. The summed E-state index contributed by atoms with van der Waals surface area (Å²) in [6.07, 6.45) is 5.97. The number of pyridine rings is 1. The molecule has 0 atom stereocenters. The molecule has 0 aromatic carbocycles. The molecule has 0 aliphatic heterocycles. The quantitative estimate of drug-likeness (QED) is 0.866. The fraction of sp³-hybridized carbons (Fsp3) is 0.571. The lowest BCUT2D eigenvalue weighted by molar-refractivity contribution is 0.202. The predicted molar refractivity (Wildman–Crippen MR) is 71.5 cm³/mol. The third kappa shape index (κ3) is 2.63. The van der Waals surface area contributed by atoms with Gasteiger partial charge >= 0.3 is 6.03 Å². The number of aromatic nitrogens is 1. The van der Waals surface area contributed by atoms with E-state index in [1.54, 1.807) is 11.1 Å². The van der Waals surface area contributed by atoms with Crippen LogP contribution in [0.4, 0.5) is 4.79 Å². The van der Waals surface area contributed by atoms with Gasteiger partial charge in [0.15, 0.2) is 0 Å². The number of amides is 2. The van der Waals surface area contributed by atoms with Crippen LogP contribution in [0.3, 0.4) is 0 Å². The van der Waals surface area contributed by atoms with E-state index in [1.807, 2.05) is 26.1 Å². The molecule has 0 radical (unpaired) electrons. The Balaban J connectivity index is 1.93. The second kappa shape index (κ2) is 5.38. The van der Waals surface area contributed by atoms with Crippen LogP contribution >= 0.6 is 0 Å². The maximum atomic E-state index is 11.9. The standard InChI is InChI=1S/C14H21N3O/c1-3-17(4-2)13(18)16-11-14(7-8-14)12-6-5-9-15-10-12/h5-6,9-10H,3-4,7-8,11H2,1-2H3,(H,16,18). The van der Waals surface area contributed by atoms with Gasteiger partial charge < -0.3 is 10.2 Å². The molecule has 4 nitrogen and oxygen atoms in total. The molecule has 1 aromatic heterocycles. The zero-order valence-electron chi connectivity index (χ0n) is 11.1. The molecule has 1 saturated carbocycles. The summed E-state index contributed by atoms with van der Waals surface area (Å²) in [5.74, 6) is 0. The summed E-state index contributed by atoms with van der Waals surface area (Å²) >= 11 is 0. The highest BCUT2D eigenvalue weighted by atomic mass is 16.2. The predicted octanol–water partition coefficient (Wildman–Crippen LogP) is 2.16. The third-order valence-electron chi connectivity index (χ3n) is 3.76. The van der Waals surface area contributed by atoms with E-state index in [1.165, 1.54) is 5.56 Å². The molecule has 0 bridgehead atoms. The van der Waals surface area contributed by atoms with Crippen molar-refractivity contribution < 1.29 is 4.79 Å². The van der Waals surface area contributed by atoms with Crippen LogP contribution in [0.2, 0.25) is 0 Å². The first-order valence-electron chi connectivity index (χ1n) is 6.65. The fourth-order valence-corrected chi connectivity index (χ4v) is 2.26. The van der Waals surface area contributed by atoms with Crippen molar-refractivity contribution in [1.82, 2.24) is 15.2 Å². The first-order valence-corrected chi connectivity index (χ1v) is 6.65. The lowest BCUT2D eigenvalue weighted by Gasteiger charge is -2.22. The van der Waals surface area contributed by atoms with Crippen LogP contribution < -0.4 is 5.32 Å². The highest BCUT2D eigenvalue weighted by Crippen LogP contribution is 2.47. The number of hydrogen-bond acceptors (Lipinski definition) is 2. The topological polar surface area (TPSA) is 45.2 Å². The van der Waals surface area contributed by atoms with Gasteiger partial charge in [0.1, 0.15) is 0 Å². The molecule has 1 aromatic rings. The van der Waals surface area contributed by atoms with E-state index in [9.17, 15) is 4.79 Å². The lowest BCUT2D eigenvalue weighted by atomic mass is 9.98. The van der Waals surface area contributed by atoms with Gasteiger partial charge in [0.2, 0.25) is 0 Å². The van der Waals surface area contributed by atoms with E-state index in [-0.39, 0.29) is 11.4 Å². The van der Waals surface area contributed by atoms with Gasteiger partial charge in [-0.2, -0.15) is 0 Å². The Labute approximate surface area is 108 Å². The summed E-state index contributed by atoms with van der Waals surface area (Å²) in [5, 5.41) is 3.05. The molecule has 0 spiro atoms. The van der Waals surface area contributed by atoms with Crippen LogP contribution in [0.5, 0.6) is 0 Å². The van der Waals surface area contributed by atoms with E-state index in [4.69, 9.17) is 0 Å². The van der Waals surface area contributed by atoms with E-state index >= 15 is 0 Å². The molecule has 1 heterocycles. The molecular weight excluding hydrogens is 226 g/mol. The SMILES string of the molecule is CCN(CC)C(=O)NCC1(c2cccnc2)CC1. The van der Waals surface area contributed by atoms with Gasteiger partial charge in [-0.15, -0.1) is 0 Å². The molecule has 0 unspecified atom stereocenters. The molecule has 1 N–H and O–H groups in total. The summed E-state index contributed by atoms with van der Waals surface area (Å²) in [7, 11) is 0. The summed E-state index contributed by atoms with van der Waals surface area (Å²) in [5.41, 5.74) is 1.38. The molecule has 1 fully saturated rings. The van der Waals surface area contributed by atoms with E-state index in [0.717, 1.165) is 25.9 Å². The fourth-order valence-electron chi connectivity index (χ4n) is 2.26. The first-order chi connectivity index (χ1) is 8.72. The Morgan fingerprint density at radius 2 is 2.17 bits per heavy atom. The van der Waals surface area contributed by atoms with Crippen molar-refractivity contribution in [2.45, 2.75) is 32.1 Å². The summed E-state index contributed by atoms with van der Waals surface area (Å²) < 4.78 is 0. The smallest absolute Gasteiger partial charge is 0.317 e. The second-order valence-corrected chi connectivity index (χ2v) is 4.85. The van der Waals surface area contributed by atoms with Crippen molar-refractivity contribution in [2.75, 3.05) is 19.6 Å². The van der Waals surface area contributed by atoms with Crippen molar-refractivity contribution in [2.24, 2.45) is 0 Å². The van der Waals surface area contributed by atoms with Crippen molar-refractivity contribution in [3.63, 3.8) is 0 Å². The Kier molecular flexibility index (Phi) is 3.84. The average molecular weight is 247 g/mol. The molecule has 98 valence electrons. The molecule has 0 saturated heterocycles. The van der Waals surface area contributed by atoms with Crippen LogP contribution in [0.25, 0.3) is 0 Å². The largest absolute Gasteiger partial charge is 0.337 e. The summed E-state index contributed by atoms with van der Waals surface area (Å²) in [6.45, 7) is 6.21. The zero-order chi connectivity index (χ0) is 13.0. The number of urea groups is 1. The van der Waals surface area contributed by atoms with Crippen LogP contribution in [-0.2, 0) is 5.41 Å². The van der Waals surface area contributed by atoms with Crippen LogP contribution in [0.1, 0.15) is 32.3 Å². The maximum absolute atomic E-state index is 11.9.